The maximum atomic E-state index is 12.8. The lowest BCUT2D eigenvalue weighted by molar-refractivity contribution is -0.140. The number of hydrogen-bond acceptors (Lipinski definition) is 10. The second-order valence-corrected chi connectivity index (χ2v) is 10.4. The number of aliphatic carboxylic acids is 1. The number of tetrazole rings is 1. The summed E-state index contributed by atoms with van der Waals surface area (Å²) in [6.07, 6.45) is -1.57. The van der Waals surface area contributed by atoms with Crippen LogP contribution in [0.25, 0.3) is 0 Å². The minimum absolute atomic E-state index is 0.00604. The number of carbonyl (C=O) groups excluding carboxylic acids is 4. The molecule has 1 heterocycles. The Morgan fingerprint density at radius 1 is 0.957 bits per heavy atom. The van der Waals surface area contributed by atoms with Gasteiger partial charge in [-0.2, -0.15) is 4.80 Å². The van der Waals surface area contributed by atoms with E-state index in [-0.39, 0.29) is 11.8 Å². The van der Waals surface area contributed by atoms with E-state index in [1.807, 2.05) is 33.8 Å². The van der Waals surface area contributed by atoms with Crippen molar-refractivity contribution in [3.05, 3.63) is 64.1 Å². The van der Waals surface area contributed by atoms with Gasteiger partial charge in [0.1, 0.15) is 31.8 Å². The summed E-state index contributed by atoms with van der Waals surface area (Å²) in [5.74, 6) is -3.62. The quantitative estimate of drug-likeness (QED) is 0.189. The second kappa shape index (κ2) is 21.5. The molecule has 0 spiro atoms. The van der Waals surface area contributed by atoms with Gasteiger partial charge in [0.15, 0.2) is 5.78 Å². The highest BCUT2D eigenvalue weighted by Crippen LogP contribution is 2.36. The molecule has 0 saturated carbocycles. The summed E-state index contributed by atoms with van der Waals surface area (Å²) in [5.41, 5.74) is 0.758. The van der Waals surface area contributed by atoms with Gasteiger partial charge in [0.05, 0.1) is 21.4 Å². The van der Waals surface area contributed by atoms with Crippen molar-refractivity contribution >= 4 is 64.6 Å². The molecule has 0 fully saturated rings. The molecule has 250 valence electrons. The number of carboxylic acid groups (broad SMARTS) is 1. The molecule has 4 N–H and O–H groups in total. The van der Waals surface area contributed by atoms with E-state index in [1.54, 1.807) is 42.5 Å². The van der Waals surface area contributed by atoms with Gasteiger partial charge in [0.25, 0.3) is 0 Å². The van der Waals surface area contributed by atoms with E-state index in [0.717, 1.165) is 22.1 Å². The predicted octanol–water partition coefficient (Wildman–Crippen LogP) is 4.14. The first-order chi connectivity index (χ1) is 22.0. The van der Waals surface area contributed by atoms with Crippen LogP contribution in [0.15, 0.2) is 58.6 Å². The van der Waals surface area contributed by atoms with E-state index in [1.165, 1.54) is 6.92 Å². The van der Waals surface area contributed by atoms with Crippen LogP contribution >= 0.6 is 35.0 Å². The van der Waals surface area contributed by atoms with Crippen LogP contribution in [-0.2, 0) is 37.1 Å². The zero-order valence-electron chi connectivity index (χ0n) is 26.0. The molecule has 3 rings (SSSR count). The van der Waals surface area contributed by atoms with E-state index in [0.29, 0.717) is 14.9 Å². The van der Waals surface area contributed by atoms with Gasteiger partial charge in [0, 0.05) is 0 Å². The maximum Gasteiger partial charge on any atom is 0.407 e. The number of rotatable bonds is 14. The maximum absolute atomic E-state index is 12.8. The van der Waals surface area contributed by atoms with E-state index in [2.05, 4.69) is 31.4 Å². The fourth-order valence-electron chi connectivity index (χ4n) is 3.26. The number of ether oxygens (including phenoxy) is 1. The summed E-state index contributed by atoms with van der Waals surface area (Å²) in [6.45, 7) is 8.34. The fraction of sp³-hybridized carbons (Fsp3) is 0.379. The molecule has 1 aromatic heterocycles. The van der Waals surface area contributed by atoms with Crippen LogP contribution in [0.2, 0.25) is 10.0 Å². The van der Waals surface area contributed by atoms with Crippen LogP contribution in [0.4, 0.5) is 4.79 Å². The summed E-state index contributed by atoms with van der Waals surface area (Å²) in [6, 6.07) is 11.2. The Kier molecular flexibility index (Phi) is 18.6. The average Bonchev–Trinajstić information content (AvgIpc) is 3.49. The average molecular weight is 699 g/mol. The molecule has 0 aliphatic heterocycles. The summed E-state index contributed by atoms with van der Waals surface area (Å²) in [7, 11) is 0. The molecule has 2 aromatic carbocycles. The van der Waals surface area contributed by atoms with Crippen molar-refractivity contribution in [2.45, 2.75) is 76.3 Å². The van der Waals surface area contributed by atoms with E-state index >= 15 is 0 Å². The van der Waals surface area contributed by atoms with Gasteiger partial charge in [-0.05, 0) is 41.6 Å². The van der Waals surface area contributed by atoms with Crippen molar-refractivity contribution in [1.29, 1.82) is 0 Å². The number of carboxylic acids is 1. The van der Waals surface area contributed by atoms with Crippen molar-refractivity contribution in [2.75, 3.05) is 6.54 Å². The predicted molar refractivity (Wildman–Crippen MR) is 173 cm³/mol. The summed E-state index contributed by atoms with van der Waals surface area (Å²) >= 11 is 13.3. The van der Waals surface area contributed by atoms with Crippen molar-refractivity contribution in [2.24, 2.45) is 0 Å². The van der Waals surface area contributed by atoms with Gasteiger partial charge in [-0.25, -0.2) is 4.79 Å². The van der Waals surface area contributed by atoms with Crippen LogP contribution in [0, 0.1) is 0 Å². The van der Waals surface area contributed by atoms with Crippen LogP contribution in [0.1, 0.15) is 46.6 Å². The lowest BCUT2D eigenvalue weighted by Gasteiger charge is -2.19. The van der Waals surface area contributed by atoms with Gasteiger partial charge in [-0.15, -0.1) is 10.2 Å². The first-order valence-corrected chi connectivity index (χ1v) is 15.8. The molecular weight excluding hydrogens is 661 g/mol. The normalized spacial score (nSPS) is 11.3. The minimum atomic E-state index is -1.46. The Bertz CT molecular complexity index is 1420. The number of carbonyl (C=O) groups is 5. The van der Waals surface area contributed by atoms with E-state index in [9.17, 15) is 29.1 Å². The number of benzene rings is 2. The van der Waals surface area contributed by atoms with E-state index < -0.39 is 61.3 Å². The molecule has 0 aliphatic carbocycles. The summed E-state index contributed by atoms with van der Waals surface area (Å²) in [5, 5.41) is 28.7. The zero-order chi connectivity index (χ0) is 34.6. The Hall–Kier alpha value is -4.21. The Morgan fingerprint density at radius 2 is 1.59 bits per heavy atom. The fourth-order valence-corrected chi connectivity index (χ4v) is 4.61. The number of amides is 3. The monoisotopic (exact) mass is 697 g/mol. The number of nitrogens with one attached hydrogen (secondary N) is 3. The molecule has 17 heteroatoms. The first kappa shape index (κ1) is 39.8. The summed E-state index contributed by atoms with van der Waals surface area (Å²) < 4.78 is 5.01. The molecule has 14 nitrogen and oxygen atoms in total. The van der Waals surface area contributed by atoms with Crippen molar-refractivity contribution < 1.29 is 33.8 Å². The van der Waals surface area contributed by atoms with Gasteiger partial charge in [0.2, 0.25) is 17.0 Å². The van der Waals surface area contributed by atoms with Crippen molar-refractivity contribution in [3.63, 3.8) is 0 Å². The number of alkyl carbamates (subject to hydrolysis) is 1. The van der Waals surface area contributed by atoms with Crippen LogP contribution in [0.3, 0.4) is 0 Å². The Balaban J connectivity index is 0.00000254. The van der Waals surface area contributed by atoms with E-state index in [4.69, 9.17) is 27.9 Å². The van der Waals surface area contributed by atoms with Crippen molar-refractivity contribution in [3.8, 4) is 0 Å². The molecule has 2 atom stereocenters. The zero-order valence-corrected chi connectivity index (χ0v) is 28.3. The molecule has 0 aliphatic rings. The number of nitrogens with zero attached hydrogens (tertiary/aromatic N) is 4. The molecule has 46 heavy (non-hydrogen) atoms. The molecule has 0 saturated heterocycles. The largest absolute Gasteiger partial charge is 0.481 e. The third-order valence-corrected chi connectivity index (χ3v) is 7.15. The third kappa shape index (κ3) is 14.3. The molecule has 3 amide bonds. The SMILES string of the molecule is CC.CC.CC(NC(=O)CNC(=O)OCc1ccccc1)C(=O)NC(CC(=O)O)C(=O)Cn1nnc(Sc2c(Cl)cccc2Cl)n1. The standard InChI is InChI=1S/C25H25Cl2N7O7S.2C2H6/c1-14(29-20(36)11-28-25(40)41-13-15-6-3-2-4-7-15)23(39)30-18(10-21(37)38)19(35)12-34-32-24(31-33-34)42-22-16(26)8-5-9-17(22)27;2*1-2/h2-9,14,18H,10-13H2,1H3,(H,28,40)(H,29,36)(H,30,39)(H,37,38);2*1-2H3. The van der Waals surface area contributed by atoms with Crippen LogP contribution < -0.4 is 16.0 Å². The van der Waals surface area contributed by atoms with Crippen LogP contribution in [0.5, 0.6) is 0 Å². The molecule has 0 radical (unpaired) electrons. The van der Waals surface area contributed by atoms with Gasteiger partial charge in [-0.1, -0.05) is 87.3 Å². The minimum Gasteiger partial charge on any atom is -0.481 e. The van der Waals surface area contributed by atoms with Crippen LogP contribution in [-0.4, -0.2) is 73.6 Å². The molecule has 2 unspecified atom stereocenters. The highest BCUT2D eigenvalue weighted by molar-refractivity contribution is 7.99. The smallest absolute Gasteiger partial charge is 0.407 e. The van der Waals surface area contributed by atoms with Crippen molar-refractivity contribution in [1.82, 2.24) is 36.2 Å². The number of ketones is 1. The lowest BCUT2D eigenvalue weighted by atomic mass is 10.1. The number of halogens is 2. The third-order valence-electron chi connectivity index (χ3n) is 5.30. The first-order valence-electron chi connectivity index (χ1n) is 14.2. The number of aromatic nitrogens is 4. The lowest BCUT2D eigenvalue weighted by Crippen LogP contribution is -2.52. The van der Waals surface area contributed by atoms with Gasteiger partial charge >= 0.3 is 12.1 Å². The number of hydrogen-bond donors (Lipinski definition) is 4. The number of Topliss-reactive ketones (excluding diaryl/α,β-unsaturated/α-hetero) is 1. The molecule has 3 aromatic rings. The Morgan fingerprint density at radius 3 is 2.20 bits per heavy atom. The Labute approximate surface area is 280 Å². The highest BCUT2D eigenvalue weighted by atomic mass is 35.5. The topological polar surface area (TPSA) is 194 Å². The van der Waals surface area contributed by atoms with Gasteiger partial charge in [-0.3, -0.25) is 19.2 Å². The highest BCUT2D eigenvalue weighted by Gasteiger charge is 2.27. The molecule has 0 bridgehead atoms. The second-order valence-electron chi connectivity index (χ2n) is 8.59. The van der Waals surface area contributed by atoms with Gasteiger partial charge < -0.3 is 25.8 Å². The molecular formula is C29H37Cl2N7O7S. The summed E-state index contributed by atoms with van der Waals surface area (Å²) in [4.78, 5) is 62.3.